The van der Waals surface area contributed by atoms with E-state index >= 15 is 0 Å². The van der Waals surface area contributed by atoms with Crippen molar-refractivity contribution in [3.63, 3.8) is 0 Å². The topological polar surface area (TPSA) is 34.5 Å². The van der Waals surface area contributed by atoms with Crippen LogP contribution in [0.25, 0.3) is 0 Å². The first-order chi connectivity index (χ1) is 10.3. The second kappa shape index (κ2) is 6.98. The number of benzene rings is 1. The molecule has 0 N–H and O–H groups in total. The summed E-state index contributed by atoms with van der Waals surface area (Å²) in [6, 6.07) is 9.57. The number of pyridine rings is 1. The van der Waals surface area contributed by atoms with Gasteiger partial charge in [-0.05, 0) is 24.3 Å². The zero-order valence-corrected chi connectivity index (χ0v) is 12.5. The van der Waals surface area contributed by atoms with E-state index < -0.39 is 12.8 Å². The normalized spacial score (nSPS) is 12.3. The van der Waals surface area contributed by atoms with E-state index in [4.69, 9.17) is 23.2 Å². The Morgan fingerprint density at radius 2 is 1.91 bits per heavy atom. The van der Waals surface area contributed by atoms with E-state index in [1.165, 1.54) is 12.1 Å². The van der Waals surface area contributed by atoms with Crippen molar-refractivity contribution < 1.29 is 17.9 Å². The van der Waals surface area contributed by atoms with Crippen molar-refractivity contribution in [2.75, 3.05) is 6.61 Å². The van der Waals surface area contributed by atoms with Crippen molar-refractivity contribution >= 4 is 34.1 Å². The van der Waals surface area contributed by atoms with Crippen LogP contribution in [0.15, 0.2) is 47.6 Å². The standard InChI is InChI=1S/C14H9Cl2F3N2O/c15-10-3-1-2-4-11(10)21-13(16)12-6-5-9(7-20-12)22-8-14(17,18)19/h1-7H,8H2. The molecule has 22 heavy (non-hydrogen) atoms. The quantitative estimate of drug-likeness (QED) is 0.729. The molecule has 0 spiro atoms. The third-order valence-electron chi connectivity index (χ3n) is 2.42. The van der Waals surface area contributed by atoms with Crippen LogP contribution in [0, 0.1) is 0 Å². The van der Waals surface area contributed by atoms with Crippen LogP contribution in [-0.4, -0.2) is 22.9 Å². The van der Waals surface area contributed by atoms with Gasteiger partial charge in [0.2, 0.25) is 0 Å². The second-order valence-corrected chi connectivity index (χ2v) is 4.90. The fraction of sp³-hybridized carbons (Fsp3) is 0.143. The molecule has 0 radical (unpaired) electrons. The number of aliphatic imine (C=N–C) groups is 1. The van der Waals surface area contributed by atoms with Gasteiger partial charge in [0, 0.05) is 0 Å². The number of aromatic nitrogens is 1. The van der Waals surface area contributed by atoms with Crippen molar-refractivity contribution in [2.45, 2.75) is 6.18 Å². The largest absolute Gasteiger partial charge is 0.483 e. The van der Waals surface area contributed by atoms with E-state index in [9.17, 15) is 13.2 Å². The molecule has 2 aromatic rings. The molecular formula is C14H9Cl2F3N2O. The van der Waals surface area contributed by atoms with Crippen molar-refractivity contribution in [3.8, 4) is 5.75 Å². The molecule has 1 aromatic carbocycles. The zero-order chi connectivity index (χ0) is 16.2. The van der Waals surface area contributed by atoms with Gasteiger partial charge in [0.1, 0.15) is 11.4 Å². The highest BCUT2D eigenvalue weighted by Gasteiger charge is 2.28. The molecule has 0 aliphatic rings. The zero-order valence-electron chi connectivity index (χ0n) is 10.9. The number of nitrogens with zero attached hydrogens (tertiary/aromatic N) is 2. The molecule has 116 valence electrons. The summed E-state index contributed by atoms with van der Waals surface area (Å²) in [5.41, 5.74) is 0.759. The van der Waals surface area contributed by atoms with Crippen LogP contribution in [0.4, 0.5) is 18.9 Å². The first-order valence-electron chi connectivity index (χ1n) is 6.00. The Morgan fingerprint density at radius 1 is 1.18 bits per heavy atom. The molecule has 8 heteroatoms. The number of ether oxygens (including phenoxy) is 1. The van der Waals surface area contributed by atoms with Crippen LogP contribution in [0.2, 0.25) is 5.02 Å². The van der Waals surface area contributed by atoms with Crippen molar-refractivity contribution in [1.29, 1.82) is 0 Å². The summed E-state index contributed by atoms with van der Waals surface area (Å²) in [5, 5.41) is 0.487. The van der Waals surface area contributed by atoms with E-state index in [0.29, 0.717) is 16.4 Å². The monoisotopic (exact) mass is 348 g/mol. The lowest BCUT2D eigenvalue weighted by Gasteiger charge is -2.08. The first-order valence-corrected chi connectivity index (χ1v) is 6.75. The second-order valence-electron chi connectivity index (χ2n) is 4.14. The number of alkyl halides is 3. The molecular weight excluding hydrogens is 340 g/mol. The number of rotatable bonds is 4. The maximum absolute atomic E-state index is 12.0. The van der Waals surface area contributed by atoms with Gasteiger partial charge in [0.15, 0.2) is 11.8 Å². The molecule has 1 aromatic heterocycles. The van der Waals surface area contributed by atoms with Gasteiger partial charge in [-0.3, -0.25) is 0 Å². The molecule has 0 bridgehead atoms. The van der Waals surface area contributed by atoms with E-state index in [0.717, 1.165) is 6.20 Å². The Labute approximate surface area is 134 Å². The third-order valence-corrected chi connectivity index (χ3v) is 3.02. The highest BCUT2D eigenvalue weighted by Crippen LogP contribution is 2.25. The Morgan fingerprint density at radius 3 is 2.50 bits per heavy atom. The van der Waals surface area contributed by atoms with Gasteiger partial charge in [-0.2, -0.15) is 13.2 Å². The van der Waals surface area contributed by atoms with Gasteiger partial charge in [0.05, 0.1) is 16.9 Å². The number of halogens is 5. The molecule has 1 heterocycles. The van der Waals surface area contributed by atoms with Gasteiger partial charge in [-0.1, -0.05) is 35.3 Å². The van der Waals surface area contributed by atoms with Gasteiger partial charge in [0.25, 0.3) is 0 Å². The maximum atomic E-state index is 12.0. The third kappa shape index (κ3) is 4.89. The van der Waals surface area contributed by atoms with Crippen molar-refractivity contribution in [3.05, 3.63) is 53.3 Å². The van der Waals surface area contributed by atoms with Crippen LogP contribution in [-0.2, 0) is 0 Å². The van der Waals surface area contributed by atoms with Gasteiger partial charge < -0.3 is 4.74 Å². The summed E-state index contributed by atoms with van der Waals surface area (Å²) in [4.78, 5) is 8.02. The fourth-order valence-corrected chi connectivity index (χ4v) is 1.84. The minimum Gasteiger partial charge on any atom is -0.483 e. The number of hydrogen-bond acceptors (Lipinski definition) is 3. The van der Waals surface area contributed by atoms with Gasteiger partial charge in [-0.25, -0.2) is 9.98 Å². The van der Waals surface area contributed by atoms with Crippen LogP contribution < -0.4 is 4.74 Å². The molecule has 0 saturated heterocycles. The van der Waals surface area contributed by atoms with E-state index in [2.05, 4.69) is 14.7 Å². The lowest BCUT2D eigenvalue weighted by Crippen LogP contribution is -2.19. The Balaban J connectivity index is 2.11. The lowest BCUT2D eigenvalue weighted by molar-refractivity contribution is -0.153. The predicted octanol–water partition coefficient (Wildman–Crippen LogP) is 4.99. The summed E-state index contributed by atoms with van der Waals surface area (Å²) in [5.74, 6) is -0.0108. The van der Waals surface area contributed by atoms with Crippen LogP contribution in [0.1, 0.15) is 5.69 Å². The minimum atomic E-state index is -4.40. The number of para-hydroxylation sites is 1. The molecule has 0 unspecified atom stereocenters. The molecule has 0 saturated carbocycles. The summed E-state index contributed by atoms with van der Waals surface area (Å²) < 4.78 is 40.6. The smallest absolute Gasteiger partial charge is 0.422 e. The fourth-order valence-electron chi connectivity index (χ4n) is 1.46. The Bertz CT molecular complexity index is 673. The highest BCUT2D eigenvalue weighted by molar-refractivity contribution is 6.69. The van der Waals surface area contributed by atoms with Crippen LogP contribution in [0.3, 0.4) is 0 Å². The van der Waals surface area contributed by atoms with E-state index in [1.54, 1.807) is 24.3 Å². The van der Waals surface area contributed by atoms with Crippen LogP contribution >= 0.6 is 23.2 Å². The maximum Gasteiger partial charge on any atom is 0.422 e. The summed E-state index contributed by atoms with van der Waals surface area (Å²) in [6.07, 6.45) is -3.26. The predicted molar refractivity (Wildman–Crippen MR) is 79.3 cm³/mol. The van der Waals surface area contributed by atoms with Crippen molar-refractivity contribution in [2.24, 2.45) is 4.99 Å². The van der Waals surface area contributed by atoms with E-state index in [1.807, 2.05) is 0 Å². The average Bonchev–Trinajstić information content (AvgIpc) is 2.47. The minimum absolute atomic E-state index is 0.0108. The van der Waals surface area contributed by atoms with Gasteiger partial charge >= 0.3 is 6.18 Å². The molecule has 2 rings (SSSR count). The summed E-state index contributed by atoms with van der Waals surface area (Å²) >= 11 is 12.0. The first kappa shape index (κ1) is 16.6. The van der Waals surface area contributed by atoms with Crippen LogP contribution in [0.5, 0.6) is 5.75 Å². The van der Waals surface area contributed by atoms with Crippen molar-refractivity contribution in [1.82, 2.24) is 4.98 Å². The molecule has 0 aliphatic carbocycles. The number of hydrogen-bond donors (Lipinski definition) is 0. The summed E-state index contributed by atoms with van der Waals surface area (Å²) in [6.45, 7) is -1.38. The molecule has 3 nitrogen and oxygen atoms in total. The highest BCUT2D eigenvalue weighted by atomic mass is 35.5. The van der Waals surface area contributed by atoms with Gasteiger partial charge in [-0.15, -0.1) is 0 Å². The van der Waals surface area contributed by atoms with E-state index in [-0.39, 0.29) is 10.9 Å². The Hall–Kier alpha value is -1.79. The average molecular weight is 349 g/mol. The molecule has 0 amide bonds. The molecule has 0 aliphatic heterocycles. The molecule has 0 fully saturated rings. The SMILES string of the molecule is FC(F)(F)COc1ccc(C(Cl)=Nc2ccccc2Cl)nc1. The summed E-state index contributed by atoms with van der Waals surface area (Å²) in [7, 11) is 0. The Kier molecular flexibility index (Phi) is 5.26. The molecule has 0 atom stereocenters. The lowest BCUT2D eigenvalue weighted by atomic mass is 10.3.